The number of hydrogen-bond donors (Lipinski definition) is 3. The van der Waals surface area contributed by atoms with Crippen LogP contribution in [0.2, 0.25) is 0 Å². The van der Waals surface area contributed by atoms with Crippen LogP contribution >= 0.6 is 0 Å². The number of carbonyl (C=O) groups is 3. The fourth-order valence-corrected chi connectivity index (χ4v) is 5.64. The van der Waals surface area contributed by atoms with Crippen molar-refractivity contribution in [2.45, 2.75) is 226 Å². The molecule has 0 fully saturated rings. The molecule has 7 heteroatoms. The number of esters is 2. The van der Waals surface area contributed by atoms with Crippen LogP contribution in [0.15, 0.2) is 0 Å². The van der Waals surface area contributed by atoms with Gasteiger partial charge in [0.2, 0.25) is 0 Å². The van der Waals surface area contributed by atoms with E-state index in [1.54, 1.807) is 0 Å². The van der Waals surface area contributed by atoms with Gasteiger partial charge in [-0.2, -0.15) is 0 Å². The van der Waals surface area contributed by atoms with Crippen molar-refractivity contribution < 1.29 is 29.3 Å². The van der Waals surface area contributed by atoms with Gasteiger partial charge in [-0.05, 0) is 25.7 Å². The smallest absolute Gasteiger partial charge is 0.331 e. The normalized spacial score (nSPS) is 12.0. The van der Waals surface area contributed by atoms with E-state index in [1.165, 1.54) is 135 Å². The number of carboxylic acid groups (broad SMARTS) is 1. The zero-order valence-corrected chi connectivity index (χ0v) is 30.2. The van der Waals surface area contributed by atoms with E-state index in [2.05, 4.69) is 32.4 Å². The maximum atomic E-state index is 11.4. The predicted octanol–water partition coefficient (Wildman–Crippen LogP) is 10.6. The highest BCUT2D eigenvalue weighted by molar-refractivity contribution is 5.90. The van der Waals surface area contributed by atoms with Gasteiger partial charge in [-0.15, -0.1) is 0 Å². The summed E-state index contributed by atoms with van der Waals surface area (Å²) in [7, 11) is 0. The number of aliphatic hydroxyl groups is 1. The Bertz CT molecular complexity index is 671. The largest absolute Gasteiger partial charge is 0.481 e. The topological polar surface area (TPSA) is 127 Å². The molecule has 0 saturated carbocycles. The summed E-state index contributed by atoms with van der Waals surface area (Å²) < 4.78 is 4.52. The van der Waals surface area contributed by atoms with Gasteiger partial charge in [-0.1, -0.05) is 175 Å². The minimum Gasteiger partial charge on any atom is -0.481 e. The molecule has 1 unspecified atom stereocenters. The second-order valence-electron chi connectivity index (χ2n) is 13.3. The summed E-state index contributed by atoms with van der Waals surface area (Å²) in [6.07, 6.45) is 32.6. The molecular weight excluding hydrogens is 566 g/mol. The summed E-state index contributed by atoms with van der Waals surface area (Å²) in [5, 5.41) is 19.5. The lowest BCUT2D eigenvalue weighted by atomic mass is 9.85. The second kappa shape index (κ2) is 33.9. The highest BCUT2D eigenvalue weighted by Crippen LogP contribution is 2.29. The highest BCUT2D eigenvalue weighted by Gasteiger charge is 2.25. The first-order valence-electron chi connectivity index (χ1n) is 19.1. The molecule has 45 heavy (non-hydrogen) atoms. The summed E-state index contributed by atoms with van der Waals surface area (Å²) in [6.45, 7) is 8.99. The first-order valence-corrected chi connectivity index (χ1v) is 19.1. The molecule has 0 amide bonds. The summed E-state index contributed by atoms with van der Waals surface area (Å²) in [4.78, 5) is 33.1. The number of ether oxygens (including phenoxy) is 1. The molecule has 4 N–H and O–H groups in total. The van der Waals surface area contributed by atoms with Crippen LogP contribution in [0.25, 0.3) is 0 Å². The quantitative estimate of drug-likeness (QED) is 0.0390. The van der Waals surface area contributed by atoms with E-state index in [-0.39, 0.29) is 12.0 Å². The fraction of sp³-hybridized carbons (Fsp3) is 0.921. The monoisotopic (exact) mass is 642 g/mol. The van der Waals surface area contributed by atoms with Crippen LogP contribution < -0.4 is 5.73 Å². The average Bonchev–Trinajstić information content (AvgIpc) is 3.00. The third kappa shape index (κ3) is 33.7. The van der Waals surface area contributed by atoms with Crippen molar-refractivity contribution in [2.24, 2.45) is 5.73 Å². The minimum atomic E-state index is -1.29. The molecule has 0 aromatic carbocycles. The summed E-state index contributed by atoms with van der Waals surface area (Å²) >= 11 is 0. The van der Waals surface area contributed by atoms with E-state index in [1.807, 2.05) is 0 Å². The Morgan fingerprint density at radius 2 is 0.867 bits per heavy atom. The number of unbranched alkanes of at least 4 members (excludes halogenated alkanes) is 20. The molecule has 268 valence electrons. The van der Waals surface area contributed by atoms with Crippen molar-refractivity contribution >= 4 is 17.9 Å². The molecule has 1 atom stereocenters. The van der Waals surface area contributed by atoms with Crippen molar-refractivity contribution in [3.63, 3.8) is 0 Å². The van der Waals surface area contributed by atoms with Gasteiger partial charge in [0.15, 0.2) is 0 Å². The molecule has 7 nitrogen and oxygen atoms in total. The lowest BCUT2D eigenvalue weighted by Gasteiger charge is -2.28. The van der Waals surface area contributed by atoms with Crippen molar-refractivity contribution in [3.8, 4) is 0 Å². The summed E-state index contributed by atoms with van der Waals surface area (Å²) in [5.74, 6) is -2.80. The molecule has 0 aliphatic carbocycles. The first-order chi connectivity index (χ1) is 21.7. The molecule has 0 saturated heterocycles. The highest BCUT2D eigenvalue weighted by atomic mass is 16.6. The number of carbonyl (C=O) groups excluding carboxylic acids is 2. The van der Waals surface area contributed by atoms with Crippen LogP contribution in [0.4, 0.5) is 0 Å². The molecule has 0 bridgehead atoms. The third-order valence-electron chi connectivity index (χ3n) is 8.63. The van der Waals surface area contributed by atoms with Crippen molar-refractivity contribution in [1.29, 1.82) is 0 Å². The number of aliphatic carboxylic acids is 1. The van der Waals surface area contributed by atoms with Crippen molar-refractivity contribution in [3.05, 3.63) is 0 Å². The Morgan fingerprint density at radius 1 is 0.556 bits per heavy atom. The van der Waals surface area contributed by atoms with Crippen LogP contribution in [0.3, 0.4) is 0 Å². The number of rotatable bonds is 31. The van der Waals surface area contributed by atoms with Gasteiger partial charge >= 0.3 is 17.9 Å². The van der Waals surface area contributed by atoms with Gasteiger partial charge in [-0.3, -0.25) is 9.59 Å². The van der Waals surface area contributed by atoms with E-state index in [0.717, 1.165) is 32.1 Å². The molecule has 0 rings (SSSR count). The Labute approximate surface area is 278 Å². The number of nitrogens with two attached hydrogens (primary N) is 1. The summed E-state index contributed by atoms with van der Waals surface area (Å²) in [5.41, 5.74) is 4.95. The van der Waals surface area contributed by atoms with Gasteiger partial charge in [0.05, 0.1) is 12.0 Å². The SMILES string of the molecule is CCCCCCCCCC(O)(CCCCCC)CCCCCC.CCCCCCCCCCCC(=O)OC(=O)C(N)CC(=O)O. The van der Waals surface area contributed by atoms with E-state index in [4.69, 9.17) is 10.8 Å². The number of hydrogen-bond acceptors (Lipinski definition) is 6. The predicted molar refractivity (Wildman–Crippen MR) is 188 cm³/mol. The molecule has 0 aromatic heterocycles. The van der Waals surface area contributed by atoms with Crippen molar-refractivity contribution in [1.82, 2.24) is 0 Å². The molecule has 0 aromatic rings. The Kier molecular flexibility index (Phi) is 34.4. The standard InChI is InChI=1S/C22H46O.C16H29NO5/c1-4-7-10-13-14-15-18-21-22(23,19-16-11-8-5-2)20-17-12-9-6-3;1-2-3-4-5-6-7-8-9-10-11-15(20)22-16(21)13(17)12-14(18)19/h23H,4-21H2,1-3H3;13H,2-12,17H2,1H3,(H,18,19). The maximum Gasteiger partial charge on any atom is 0.331 e. The van der Waals surface area contributed by atoms with Crippen LogP contribution in [0, 0.1) is 0 Å². The Morgan fingerprint density at radius 3 is 1.22 bits per heavy atom. The molecule has 0 spiro atoms. The average molecular weight is 642 g/mol. The van der Waals surface area contributed by atoms with Gasteiger partial charge in [0, 0.05) is 6.42 Å². The molecular formula is C38H75NO6. The lowest BCUT2D eigenvalue weighted by Crippen LogP contribution is -2.35. The zero-order valence-electron chi connectivity index (χ0n) is 30.2. The first kappa shape index (κ1) is 45.7. The van der Waals surface area contributed by atoms with Gasteiger partial charge in [0.25, 0.3) is 0 Å². The van der Waals surface area contributed by atoms with Gasteiger partial charge in [0.1, 0.15) is 6.04 Å². The lowest BCUT2D eigenvalue weighted by molar-refractivity contribution is -0.162. The van der Waals surface area contributed by atoms with Crippen molar-refractivity contribution in [2.75, 3.05) is 0 Å². The van der Waals surface area contributed by atoms with Crippen LogP contribution in [-0.4, -0.2) is 39.8 Å². The second-order valence-corrected chi connectivity index (χ2v) is 13.3. The Hall–Kier alpha value is -1.47. The summed E-state index contributed by atoms with van der Waals surface area (Å²) in [6, 6.07) is -1.29. The van der Waals surface area contributed by atoms with E-state index < -0.39 is 30.4 Å². The molecule has 0 aliphatic rings. The van der Waals surface area contributed by atoms with Crippen LogP contribution in [0.1, 0.15) is 214 Å². The van der Waals surface area contributed by atoms with E-state index in [9.17, 15) is 19.5 Å². The van der Waals surface area contributed by atoms with Crippen LogP contribution in [0.5, 0.6) is 0 Å². The van der Waals surface area contributed by atoms with E-state index >= 15 is 0 Å². The third-order valence-corrected chi connectivity index (χ3v) is 8.63. The Balaban J connectivity index is 0. The number of carboxylic acids is 1. The fourth-order valence-electron chi connectivity index (χ4n) is 5.64. The van der Waals surface area contributed by atoms with Gasteiger partial charge in [-0.25, -0.2) is 4.79 Å². The van der Waals surface area contributed by atoms with E-state index in [0.29, 0.717) is 6.42 Å². The van der Waals surface area contributed by atoms with Gasteiger partial charge < -0.3 is 20.7 Å². The zero-order chi connectivity index (χ0) is 34.0. The maximum absolute atomic E-state index is 11.4. The molecule has 0 heterocycles. The molecule has 0 radical (unpaired) electrons. The minimum absolute atomic E-state index is 0.168. The molecule has 0 aliphatic heterocycles. The van der Waals surface area contributed by atoms with Crippen LogP contribution in [-0.2, 0) is 19.1 Å².